The molecule has 0 aromatic heterocycles. The Bertz CT molecular complexity index is 485. The van der Waals surface area contributed by atoms with Crippen molar-refractivity contribution in [1.82, 2.24) is 0 Å². The van der Waals surface area contributed by atoms with Crippen molar-refractivity contribution in [3.8, 4) is 17.2 Å². The smallest absolute Gasteiger partial charge is 0.231 e. The van der Waals surface area contributed by atoms with Crippen molar-refractivity contribution in [2.75, 3.05) is 20.0 Å². The predicted molar refractivity (Wildman–Crippen MR) is 79.0 cm³/mol. The van der Waals surface area contributed by atoms with E-state index in [1.54, 1.807) is 0 Å². The molecule has 1 saturated heterocycles. The molecule has 0 radical (unpaired) electrons. The summed E-state index contributed by atoms with van der Waals surface area (Å²) in [6.07, 6.45) is 4.08. The molecular weight excluding hydrogens is 270 g/mol. The fourth-order valence-electron chi connectivity index (χ4n) is 2.64. The van der Waals surface area contributed by atoms with Gasteiger partial charge in [0.25, 0.3) is 0 Å². The van der Waals surface area contributed by atoms with Crippen molar-refractivity contribution in [2.45, 2.75) is 44.8 Å². The normalized spacial score (nSPS) is 21.5. The molecule has 2 aliphatic rings. The van der Waals surface area contributed by atoms with Crippen molar-refractivity contribution < 1.29 is 18.9 Å². The van der Waals surface area contributed by atoms with Gasteiger partial charge in [0.2, 0.25) is 6.79 Å². The zero-order chi connectivity index (χ0) is 14.7. The molecule has 2 aliphatic heterocycles. The van der Waals surface area contributed by atoms with E-state index < -0.39 is 0 Å². The molecule has 5 heteroatoms. The topological polar surface area (TPSA) is 62.9 Å². The molecule has 2 heterocycles. The standard InChI is InChI=1S/C16H23NO4/c1-2-12(17)6-11-7-15-16(21-10-20-15)8-14(11)19-9-13-4-3-5-18-13/h7-8,12-13H,2-6,9-10,17H2,1H3. The Labute approximate surface area is 125 Å². The van der Waals surface area contributed by atoms with Gasteiger partial charge in [-0.1, -0.05) is 6.92 Å². The van der Waals surface area contributed by atoms with Crippen LogP contribution in [0.1, 0.15) is 31.7 Å². The Morgan fingerprint density at radius 3 is 2.86 bits per heavy atom. The third kappa shape index (κ3) is 3.41. The van der Waals surface area contributed by atoms with Gasteiger partial charge in [-0.15, -0.1) is 0 Å². The van der Waals surface area contributed by atoms with E-state index in [2.05, 4.69) is 6.92 Å². The maximum absolute atomic E-state index is 6.09. The Morgan fingerprint density at radius 2 is 2.14 bits per heavy atom. The molecule has 0 spiro atoms. The second kappa shape index (κ2) is 6.54. The molecule has 116 valence electrons. The van der Waals surface area contributed by atoms with Crippen molar-refractivity contribution >= 4 is 0 Å². The van der Waals surface area contributed by atoms with Crippen LogP contribution < -0.4 is 19.9 Å². The molecule has 1 fully saturated rings. The average Bonchev–Trinajstić information content (AvgIpc) is 3.15. The molecule has 3 rings (SSSR count). The summed E-state index contributed by atoms with van der Waals surface area (Å²) < 4.78 is 22.5. The first-order valence-corrected chi connectivity index (χ1v) is 7.68. The number of nitrogens with two attached hydrogens (primary N) is 1. The molecule has 1 aromatic rings. The summed E-state index contributed by atoms with van der Waals surface area (Å²) in [6.45, 7) is 3.77. The highest BCUT2D eigenvalue weighted by Gasteiger charge is 2.21. The Kier molecular flexibility index (Phi) is 4.51. The second-order valence-electron chi connectivity index (χ2n) is 5.63. The van der Waals surface area contributed by atoms with Crippen LogP contribution in [0.15, 0.2) is 12.1 Å². The van der Waals surface area contributed by atoms with Crippen LogP contribution in [0.5, 0.6) is 17.2 Å². The van der Waals surface area contributed by atoms with Crippen LogP contribution in [0.25, 0.3) is 0 Å². The van der Waals surface area contributed by atoms with Crippen LogP contribution in [0, 0.1) is 0 Å². The van der Waals surface area contributed by atoms with Gasteiger partial charge in [-0.25, -0.2) is 0 Å². The minimum atomic E-state index is 0.121. The number of benzene rings is 1. The van der Waals surface area contributed by atoms with Crippen LogP contribution in [-0.2, 0) is 11.2 Å². The van der Waals surface area contributed by atoms with E-state index in [-0.39, 0.29) is 18.9 Å². The highest BCUT2D eigenvalue weighted by atomic mass is 16.7. The first-order valence-electron chi connectivity index (χ1n) is 7.68. The average molecular weight is 293 g/mol. The first kappa shape index (κ1) is 14.5. The molecule has 2 N–H and O–H groups in total. The molecule has 0 saturated carbocycles. The number of fused-ring (bicyclic) bond motifs is 1. The van der Waals surface area contributed by atoms with Crippen molar-refractivity contribution in [1.29, 1.82) is 0 Å². The fraction of sp³-hybridized carbons (Fsp3) is 0.625. The molecule has 0 bridgehead atoms. The summed E-state index contributed by atoms with van der Waals surface area (Å²) in [5.41, 5.74) is 7.16. The zero-order valence-corrected chi connectivity index (χ0v) is 12.5. The van der Waals surface area contributed by atoms with Gasteiger partial charge in [-0.2, -0.15) is 0 Å². The zero-order valence-electron chi connectivity index (χ0n) is 12.5. The molecular formula is C16H23NO4. The van der Waals surface area contributed by atoms with Crippen LogP contribution in [0.2, 0.25) is 0 Å². The number of hydrogen-bond acceptors (Lipinski definition) is 5. The Hall–Kier alpha value is -1.46. The lowest BCUT2D eigenvalue weighted by atomic mass is 10.0. The van der Waals surface area contributed by atoms with Gasteiger partial charge < -0.3 is 24.7 Å². The monoisotopic (exact) mass is 293 g/mol. The second-order valence-corrected chi connectivity index (χ2v) is 5.63. The van der Waals surface area contributed by atoms with Gasteiger partial charge in [0.05, 0.1) is 6.10 Å². The van der Waals surface area contributed by atoms with E-state index in [0.29, 0.717) is 6.61 Å². The van der Waals surface area contributed by atoms with Gasteiger partial charge >= 0.3 is 0 Å². The van der Waals surface area contributed by atoms with E-state index in [4.69, 9.17) is 24.7 Å². The van der Waals surface area contributed by atoms with Crippen LogP contribution in [0.3, 0.4) is 0 Å². The van der Waals surface area contributed by atoms with Gasteiger partial charge in [0.1, 0.15) is 12.4 Å². The molecule has 21 heavy (non-hydrogen) atoms. The minimum absolute atomic E-state index is 0.121. The van der Waals surface area contributed by atoms with Gasteiger partial charge in [0.15, 0.2) is 11.5 Å². The summed E-state index contributed by atoms with van der Waals surface area (Å²) in [5.74, 6) is 2.35. The SMILES string of the molecule is CCC(N)Cc1cc2c(cc1OCC1CCCO1)OCO2. The van der Waals surface area contributed by atoms with Gasteiger partial charge in [-0.05, 0) is 37.3 Å². The molecule has 1 aromatic carbocycles. The van der Waals surface area contributed by atoms with Crippen LogP contribution in [-0.4, -0.2) is 32.2 Å². The lowest BCUT2D eigenvalue weighted by Gasteiger charge is -2.17. The Balaban J connectivity index is 1.75. The quantitative estimate of drug-likeness (QED) is 0.871. The van der Waals surface area contributed by atoms with Crippen molar-refractivity contribution in [3.05, 3.63) is 17.7 Å². The number of ether oxygens (including phenoxy) is 4. The van der Waals surface area contributed by atoms with E-state index in [1.165, 1.54) is 0 Å². The molecule has 0 amide bonds. The van der Waals surface area contributed by atoms with E-state index >= 15 is 0 Å². The lowest BCUT2D eigenvalue weighted by molar-refractivity contribution is 0.0675. The molecule has 0 aliphatic carbocycles. The van der Waals surface area contributed by atoms with Gasteiger partial charge in [-0.3, -0.25) is 0 Å². The molecule has 5 nitrogen and oxygen atoms in total. The van der Waals surface area contributed by atoms with Crippen LogP contribution >= 0.6 is 0 Å². The summed E-state index contributed by atoms with van der Waals surface area (Å²) in [6, 6.07) is 4.02. The third-order valence-electron chi connectivity index (χ3n) is 4.01. The number of rotatable bonds is 6. The first-order chi connectivity index (χ1) is 10.3. The maximum atomic E-state index is 6.09. The third-order valence-corrected chi connectivity index (χ3v) is 4.01. The minimum Gasteiger partial charge on any atom is -0.490 e. The molecule has 2 atom stereocenters. The highest BCUT2D eigenvalue weighted by Crippen LogP contribution is 2.38. The molecule has 2 unspecified atom stereocenters. The maximum Gasteiger partial charge on any atom is 0.231 e. The van der Waals surface area contributed by atoms with Gasteiger partial charge in [0, 0.05) is 18.7 Å². The van der Waals surface area contributed by atoms with Crippen LogP contribution in [0.4, 0.5) is 0 Å². The van der Waals surface area contributed by atoms with E-state index in [9.17, 15) is 0 Å². The Morgan fingerprint density at radius 1 is 1.33 bits per heavy atom. The summed E-state index contributed by atoms with van der Waals surface area (Å²) >= 11 is 0. The van der Waals surface area contributed by atoms with E-state index in [1.807, 2.05) is 12.1 Å². The summed E-state index contributed by atoms with van der Waals surface area (Å²) in [4.78, 5) is 0. The van der Waals surface area contributed by atoms with E-state index in [0.717, 1.165) is 55.1 Å². The van der Waals surface area contributed by atoms with Crippen molar-refractivity contribution in [2.24, 2.45) is 5.73 Å². The summed E-state index contributed by atoms with van der Waals surface area (Å²) in [5, 5.41) is 0. The predicted octanol–water partition coefficient (Wildman–Crippen LogP) is 2.25. The fourth-order valence-corrected chi connectivity index (χ4v) is 2.64. The number of hydrogen-bond donors (Lipinski definition) is 1. The lowest BCUT2D eigenvalue weighted by Crippen LogP contribution is -2.22. The highest BCUT2D eigenvalue weighted by molar-refractivity contribution is 5.52. The largest absolute Gasteiger partial charge is 0.490 e. The van der Waals surface area contributed by atoms with Crippen molar-refractivity contribution in [3.63, 3.8) is 0 Å². The summed E-state index contributed by atoms with van der Waals surface area (Å²) in [7, 11) is 0.